The second-order valence-electron chi connectivity index (χ2n) is 7.00. The maximum absolute atomic E-state index is 13.1. The fourth-order valence-electron chi connectivity index (χ4n) is 3.44. The number of fused-ring (bicyclic) bond motifs is 2. The lowest BCUT2D eigenvalue weighted by molar-refractivity contribution is 0.985. The smallest absolute Gasteiger partial charge is 0.261 e. The van der Waals surface area contributed by atoms with Crippen molar-refractivity contribution in [3.05, 3.63) is 81.6 Å². The van der Waals surface area contributed by atoms with E-state index < -0.39 is 0 Å². The van der Waals surface area contributed by atoms with E-state index in [2.05, 4.69) is 30.2 Å². The summed E-state index contributed by atoms with van der Waals surface area (Å²) < 4.78 is 0. The first-order valence-corrected chi connectivity index (χ1v) is 9.78. The highest BCUT2D eigenvalue weighted by Crippen LogP contribution is 2.32. The van der Waals surface area contributed by atoms with E-state index in [4.69, 9.17) is 11.6 Å². The lowest BCUT2D eigenvalue weighted by Gasteiger charge is -2.13. The van der Waals surface area contributed by atoms with Gasteiger partial charge in [-0.2, -0.15) is 0 Å². The van der Waals surface area contributed by atoms with Crippen molar-refractivity contribution in [3.8, 4) is 11.4 Å². The predicted molar refractivity (Wildman–Crippen MR) is 119 cm³/mol. The number of halogens is 1. The van der Waals surface area contributed by atoms with E-state index in [-0.39, 0.29) is 5.56 Å². The molecule has 0 unspecified atom stereocenters. The van der Waals surface area contributed by atoms with Gasteiger partial charge in [0, 0.05) is 16.6 Å². The minimum Gasteiger partial charge on any atom is -0.378 e. The van der Waals surface area contributed by atoms with Gasteiger partial charge in [0.2, 0.25) is 0 Å². The highest BCUT2D eigenvalue weighted by atomic mass is 35.5. The van der Waals surface area contributed by atoms with Crippen LogP contribution in [0, 0.1) is 6.92 Å². The molecule has 3 heterocycles. The van der Waals surface area contributed by atoms with Gasteiger partial charge in [0.15, 0.2) is 0 Å². The molecule has 148 valence electrons. The van der Waals surface area contributed by atoms with Crippen LogP contribution in [0.1, 0.15) is 11.4 Å². The molecule has 3 aromatic heterocycles. The zero-order valence-electron chi connectivity index (χ0n) is 16.0. The van der Waals surface area contributed by atoms with Crippen LogP contribution in [0.3, 0.4) is 0 Å². The molecule has 0 aliphatic carbocycles. The topological polar surface area (TPSA) is 99.4 Å². The number of anilines is 1. The molecule has 30 heavy (non-hydrogen) atoms. The first-order chi connectivity index (χ1) is 14.6. The van der Waals surface area contributed by atoms with Crippen LogP contribution >= 0.6 is 11.6 Å². The zero-order chi connectivity index (χ0) is 20.7. The van der Waals surface area contributed by atoms with Crippen molar-refractivity contribution in [2.75, 3.05) is 5.32 Å². The molecule has 0 amide bonds. The molecule has 0 atom stereocenters. The van der Waals surface area contributed by atoms with Crippen molar-refractivity contribution in [1.82, 2.24) is 24.9 Å². The average Bonchev–Trinajstić information content (AvgIpc) is 3.17. The van der Waals surface area contributed by atoms with Crippen molar-refractivity contribution in [2.24, 2.45) is 0 Å². The highest BCUT2D eigenvalue weighted by Gasteiger charge is 2.18. The molecule has 0 saturated heterocycles. The molecule has 7 nitrogen and oxygen atoms in total. The number of para-hydroxylation sites is 2. The van der Waals surface area contributed by atoms with Gasteiger partial charge in [-0.3, -0.25) is 14.8 Å². The number of H-pyrrole nitrogens is 2. The number of nitrogens with one attached hydrogen (secondary N) is 3. The van der Waals surface area contributed by atoms with Gasteiger partial charge in [0.1, 0.15) is 11.4 Å². The summed E-state index contributed by atoms with van der Waals surface area (Å²) in [7, 11) is 0. The van der Waals surface area contributed by atoms with E-state index >= 15 is 0 Å². The van der Waals surface area contributed by atoms with Crippen LogP contribution in [0.4, 0.5) is 5.69 Å². The van der Waals surface area contributed by atoms with Crippen LogP contribution in [-0.2, 0) is 6.54 Å². The number of benzene rings is 2. The number of nitrogens with zero attached hydrogens (tertiary/aromatic N) is 3. The lowest BCUT2D eigenvalue weighted by Crippen LogP contribution is -2.15. The zero-order valence-corrected chi connectivity index (χ0v) is 16.8. The van der Waals surface area contributed by atoms with Crippen molar-refractivity contribution in [2.45, 2.75) is 13.5 Å². The Kier molecular flexibility index (Phi) is 4.44. The summed E-state index contributed by atoms with van der Waals surface area (Å²) >= 11 is 6.26. The van der Waals surface area contributed by atoms with Crippen molar-refractivity contribution >= 4 is 39.2 Å². The number of aromatic nitrogens is 5. The first-order valence-electron chi connectivity index (χ1n) is 9.40. The number of aromatic amines is 2. The Morgan fingerprint density at radius 2 is 1.90 bits per heavy atom. The summed E-state index contributed by atoms with van der Waals surface area (Å²) in [6, 6.07) is 13.0. The maximum atomic E-state index is 13.1. The minimum absolute atomic E-state index is 0.249. The Balaban J connectivity index is 1.70. The maximum Gasteiger partial charge on any atom is 0.261 e. The van der Waals surface area contributed by atoms with Crippen LogP contribution < -0.4 is 10.9 Å². The molecule has 2 aromatic carbocycles. The third-order valence-corrected chi connectivity index (χ3v) is 5.12. The van der Waals surface area contributed by atoms with Gasteiger partial charge < -0.3 is 15.3 Å². The van der Waals surface area contributed by atoms with Gasteiger partial charge in [0.05, 0.1) is 46.4 Å². The molecule has 0 fully saturated rings. The summed E-state index contributed by atoms with van der Waals surface area (Å²) in [4.78, 5) is 32.5. The third-order valence-electron chi connectivity index (χ3n) is 4.88. The van der Waals surface area contributed by atoms with Gasteiger partial charge in [-0.1, -0.05) is 23.7 Å². The minimum atomic E-state index is -0.249. The Labute approximate surface area is 176 Å². The molecule has 0 radical (unpaired) electrons. The Morgan fingerprint density at radius 3 is 2.70 bits per heavy atom. The Hall–Kier alpha value is -3.71. The molecular formula is C22H17ClN6O. The fraction of sp³-hybridized carbons (Fsp3) is 0.0909. The summed E-state index contributed by atoms with van der Waals surface area (Å²) in [5.74, 6) is 0.483. The van der Waals surface area contributed by atoms with Crippen LogP contribution in [0.25, 0.3) is 33.3 Å². The predicted octanol–water partition coefficient (Wildman–Crippen LogP) is 4.44. The molecule has 5 aromatic rings. The number of rotatable bonds is 4. The van der Waals surface area contributed by atoms with Crippen molar-refractivity contribution < 1.29 is 0 Å². The Morgan fingerprint density at radius 1 is 1.03 bits per heavy atom. The highest BCUT2D eigenvalue weighted by molar-refractivity contribution is 6.31. The van der Waals surface area contributed by atoms with Gasteiger partial charge in [-0.15, -0.1) is 0 Å². The quantitative estimate of drug-likeness (QED) is 0.402. The third kappa shape index (κ3) is 3.29. The Bertz CT molecular complexity index is 1410. The van der Waals surface area contributed by atoms with Crippen molar-refractivity contribution in [3.63, 3.8) is 0 Å². The molecule has 0 aliphatic rings. The molecule has 3 N–H and O–H groups in total. The van der Waals surface area contributed by atoms with Crippen LogP contribution in [0.15, 0.2) is 59.7 Å². The number of imidazole rings is 1. The van der Waals surface area contributed by atoms with Gasteiger partial charge in [0.25, 0.3) is 5.56 Å². The average molecular weight is 417 g/mol. The fourth-order valence-corrected chi connectivity index (χ4v) is 3.61. The molecule has 0 spiro atoms. The van der Waals surface area contributed by atoms with Crippen molar-refractivity contribution in [1.29, 1.82) is 0 Å². The van der Waals surface area contributed by atoms with E-state index in [1.807, 2.05) is 37.3 Å². The molecule has 0 saturated carbocycles. The van der Waals surface area contributed by atoms with E-state index in [1.54, 1.807) is 24.5 Å². The van der Waals surface area contributed by atoms with E-state index in [0.29, 0.717) is 34.2 Å². The van der Waals surface area contributed by atoms with E-state index in [0.717, 1.165) is 27.8 Å². The number of hydrogen-bond acceptors (Lipinski definition) is 5. The standard InChI is InChI=1S/C22H17ClN6O/c1-12-9-25-14(10-24-12)11-26-20-15-8-13(23)6-7-16(15)29-22(30)19(20)21-27-17-4-2-3-5-18(17)28-21/h2-10H,11H2,1H3,(H,27,28)(H2,26,29,30). The van der Waals surface area contributed by atoms with Crippen LogP contribution in [0.5, 0.6) is 0 Å². The number of pyridine rings is 1. The monoisotopic (exact) mass is 416 g/mol. The molecular weight excluding hydrogens is 400 g/mol. The number of hydrogen-bond donors (Lipinski definition) is 3. The van der Waals surface area contributed by atoms with Gasteiger partial charge in [-0.05, 0) is 37.3 Å². The van der Waals surface area contributed by atoms with Crippen LogP contribution in [-0.4, -0.2) is 24.9 Å². The summed E-state index contributed by atoms with van der Waals surface area (Å²) in [5, 5.41) is 4.72. The lowest BCUT2D eigenvalue weighted by atomic mass is 10.1. The molecule has 0 bridgehead atoms. The second kappa shape index (κ2) is 7.27. The van der Waals surface area contributed by atoms with E-state index in [9.17, 15) is 4.79 Å². The second-order valence-corrected chi connectivity index (χ2v) is 7.44. The summed E-state index contributed by atoms with van der Waals surface area (Å²) in [6.45, 7) is 2.28. The van der Waals surface area contributed by atoms with Crippen LogP contribution in [0.2, 0.25) is 5.02 Å². The molecule has 0 aliphatic heterocycles. The molecule has 5 rings (SSSR count). The van der Waals surface area contributed by atoms with Gasteiger partial charge >= 0.3 is 0 Å². The SMILES string of the molecule is Cc1cnc(CNc2c(-c3nc4ccccc4[nH]3)c(=O)[nH]c3ccc(Cl)cc23)cn1. The molecule has 8 heteroatoms. The van der Waals surface area contributed by atoms with Gasteiger partial charge in [-0.25, -0.2) is 4.98 Å². The van der Waals surface area contributed by atoms with E-state index in [1.165, 1.54) is 0 Å². The summed E-state index contributed by atoms with van der Waals surface area (Å²) in [5.41, 5.74) is 4.73. The first kappa shape index (κ1) is 18.3. The normalized spacial score (nSPS) is 11.3. The largest absolute Gasteiger partial charge is 0.378 e. The summed E-state index contributed by atoms with van der Waals surface area (Å²) in [6.07, 6.45) is 3.43. The number of aryl methyl sites for hydroxylation is 1.